The van der Waals surface area contributed by atoms with Crippen molar-refractivity contribution in [1.82, 2.24) is 34.1 Å². The van der Waals surface area contributed by atoms with Crippen LogP contribution >= 0.6 is 13.4 Å². The Labute approximate surface area is 260 Å². The number of aliphatic hydroxyl groups is 1. The van der Waals surface area contributed by atoms with Crippen molar-refractivity contribution in [2.45, 2.75) is 49.1 Å². The highest BCUT2D eigenvalue weighted by atomic mass is 32.5. The largest absolute Gasteiger partial charge is 0.397 e. The van der Waals surface area contributed by atoms with E-state index in [2.05, 4.69) is 24.9 Å². The zero-order valence-corrected chi connectivity index (χ0v) is 25.9. The summed E-state index contributed by atoms with van der Waals surface area (Å²) in [5, 5.41) is 11.1. The number of fused-ring (bicyclic) bond motifs is 5. The van der Waals surface area contributed by atoms with Crippen LogP contribution in [0.25, 0.3) is 22.3 Å². The topological polar surface area (TPSA) is 262 Å². The number of hydrogen-bond donors (Lipinski definition) is 6. The molecule has 0 spiro atoms. The molecule has 3 aliphatic rings. The van der Waals surface area contributed by atoms with Gasteiger partial charge in [-0.1, -0.05) is 0 Å². The van der Waals surface area contributed by atoms with Gasteiger partial charge in [0.2, 0.25) is 5.95 Å². The standard InChI is InChI=1S/C21H24FN9O10P2S2/c22-10-14-9(39-19(10)30-5-26-11-7(23)1-2-25-16(11)30)4-37-43(35,45)41-15-13(32)8(3-36-42(34,44)40-14)38-20(15)31-6-27-12-17(31)28-21(24)29-18(12)33/h1-2,5-6,8-10,13-15,19-20,32H,3-4H2,(H2,23,25)(H,34,44)(H,35,45)(H3,24,28,29,33)/t8-,9-,10?,13+,14?,15-,19-,20-,42?,43?/m1/s1. The van der Waals surface area contributed by atoms with Gasteiger partial charge in [0, 0.05) is 6.20 Å². The Hall–Kier alpha value is -2.56. The highest BCUT2D eigenvalue weighted by Gasteiger charge is 2.53. The minimum Gasteiger partial charge on any atom is -0.397 e. The van der Waals surface area contributed by atoms with Gasteiger partial charge in [-0.05, 0) is 29.7 Å². The van der Waals surface area contributed by atoms with E-state index in [1.54, 1.807) is 0 Å². The molecule has 0 radical (unpaired) electrons. The number of nitrogen functional groups attached to an aromatic ring is 2. The normalized spacial score (nSPS) is 37.7. The molecule has 0 amide bonds. The van der Waals surface area contributed by atoms with Crippen molar-refractivity contribution < 1.29 is 46.9 Å². The third kappa shape index (κ3) is 5.58. The van der Waals surface area contributed by atoms with E-state index < -0.39 is 81.4 Å². The number of aliphatic hydroxyl groups excluding tert-OH is 1. The molecule has 7 heterocycles. The summed E-state index contributed by atoms with van der Waals surface area (Å²) in [6.45, 7) is -9.69. The maximum atomic E-state index is 16.0. The van der Waals surface area contributed by atoms with Crippen molar-refractivity contribution in [3.8, 4) is 0 Å². The number of rotatable bonds is 2. The van der Waals surface area contributed by atoms with E-state index in [1.807, 2.05) is 0 Å². The van der Waals surface area contributed by atoms with E-state index in [1.165, 1.54) is 34.1 Å². The zero-order chi connectivity index (χ0) is 31.8. The quantitative estimate of drug-likeness (QED) is 0.143. The van der Waals surface area contributed by atoms with Crippen LogP contribution in [0, 0.1) is 0 Å². The van der Waals surface area contributed by atoms with Crippen molar-refractivity contribution in [1.29, 1.82) is 0 Å². The van der Waals surface area contributed by atoms with Crippen LogP contribution in [-0.4, -0.2) is 98.9 Å². The Morgan fingerprint density at radius 3 is 2.29 bits per heavy atom. The molecule has 4 aromatic heterocycles. The number of aromatic nitrogens is 7. The number of hydrogen-bond acceptors (Lipinski definition) is 16. The summed E-state index contributed by atoms with van der Waals surface area (Å²) < 4.78 is 52.7. The van der Waals surface area contributed by atoms with Crippen LogP contribution in [0.4, 0.5) is 16.0 Å². The van der Waals surface area contributed by atoms with Gasteiger partial charge in [-0.2, -0.15) is 4.98 Å². The Bertz CT molecular complexity index is 1950. The number of aromatic amines is 1. The molecule has 3 aliphatic heterocycles. The molecule has 45 heavy (non-hydrogen) atoms. The molecule has 0 aromatic carbocycles. The van der Waals surface area contributed by atoms with Crippen molar-refractivity contribution in [3.63, 3.8) is 0 Å². The Balaban J connectivity index is 1.21. The van der Waals surface area contributed by atoms with Gasteiger partial charge in [0.05, 0.1) is 31.6 Å². The summed E-state index contributed by atoms with van der Waals surface area (Å²) in [7, 11) is 0. The molecular weight excluding hydrogens is 683 g/mol. The molecule has 10 atom stereocenters. The van der Waals surface area contributed by atoms with Crippen LogP contribution in [0.5, 0.6) is 0 Å². The fraction of sp³-hybridized carbons (Fsp3) is 0.476. The minimum atomic E-state index is -4.26. The molecule has 19 nitrogen and oxygen atoms in total. The summed E-state index contributed by atoms with van der Waals surface area (Å²) in [4.78, 5) is 53.2. The second-order valence-electron chi connectivity index (χ2n) is 10.2. The summed E-state index contributed by atoms with van der Waals surface area (Å²) in [6.07, 6.45) is -8.00. The Morgan fingerprint density at radius 1 is 0.933 bits per heavy atom. The number of H-pyrrole nitrogens is 1. The van der Waals surface area contributed by atoms with E-state index in [9.17, 15) is 19.7 Å². The molecule has 24 heteroatoms. The first-order valence-electron chi connectivity index (χ1n) is 13.1. The van der Waals surface area contributed by atoms with Gasteiger partial charge in [-0.15, -0.1) is 0 Å². The van der Waals surface area contributed by atoms with E-state index in [4.69, 9.17) is 62.6 Å². The average molecular weight is 708 g/mol. The van der Waals surface area contributed by atoms with Crippen molar-refractivity contribution in [3.05, 3.63) is 35.3 Å². The molecule has 3 saturated heterocycles. The number of nitrogens with zero attached hydrogens (tertiary/aromatic N) is 6. The molecule has 7 rings (SSSR count). The van der Waals surface area contributed by atoms with Gasteiger partial charge in [0.1, 0.15) is 36.0 Å². The van der Waals surface area contributed by atoms with Crippen LogP contribution in [0.1, 0.15) is 12.5 Å². The molecule has 8 N–H and O–H groups in total. The summed E-state index contributed by atoms with van der Waals surface area (Å²) in [5.74, 6) is -0.223. The van der Waals surface area contributed by atoms with Gasteiger partial charge in [-0.25, -0.2) is 19.3 Å². The minimum absolute atomic E-state index is 0.0296. The number of pyridine rings is 1. The van der Waals surface area contributed by atoms with Gasteiger partial charge in [0.25, 0.3) is 5.56 Å². The monoisotopic (exact) mass is 707 g/mol. The van der Waals surface area contributed by atoms with E-state index in [0.29, 0.717) is 11.2 Å². The number of anilines is 2. The predicted octanol–water partition coefficient (Wildman–Crippen LogP) is -0.527. The first-order valence-corrected chi connectivity index (χ1v) is 18.2. The lowest BCUT2D eigenvalue weighted by molar-refractivity contribution is -0.0602. The fourth-order valence-corrected chi connectivity index (χ4v) is 8.19. The third-order valence-corrected chi connectivity index (χ3v) is 10.5. The number of ether oxygens (including phenoxy) is 2. The van der Waals surface area contributed by atoms with Crippen LogP contribution in [0.3, 0.4) is 0 Å². The van der Waals surface area contributed by atoms with E-state index in [0.717, 1.165) is 0 Å². The number of halogens is 1. The maximum Gasteiger partial charge on any atom is 0.325 e. The van der Waals surface area contributed by atoms with Crippen LogP contribution in [-0.2, 0) is 51.2 Å². The van der Waals surface area contributed by atoms with Crippen molar-refractivity contribution in [2.75, 3.05) is 24.7 Å². The van der Waals surface area contributed by atoms with Crippen molar-refractivity contribution >= 4 is 71.0 Å². The Kier molecular flexibility index (Phi) is 7.80. The SMILES string of the molecule is Nc1nc2c(ncn2[C@@H]2O[C@@H]3COP(O)(=S)OC4C(F)[C@H](n5cnc6c(N)ccnc65)O[C@@H]4COP(O)(=S)O[C@@H]2[C@H]3O)c(=O)[nH]1. The van der Waals surface area contributed by atoms with E-state index >= 15 is 4.39 Å². The number of imidazole rings is 2. The van der Waals surface area contributed by atoms with Crippen LogP contribution in [0.2, 0.25) is 0 Å². The molecule has 4 unspecified atom stereocenters. The maximum absolute atomic E-state index is 16.0. The highest BCUT2D eigenvalue weighted by Crippen LogP contribution is 2.54. The second kappa shape index (κ2) is 11.3. The molecular formula is C21H24FN9O10P2S2. The molecule has 0 aliphatic carbocycles. The lowest BCUT2D eigenvalue weighted by Gasteiger charge is -2.27. The van der Waals surface area contributed by atoms with Gasteiger partial charge < -0.3 is 44.9 Å². The first kappa shape index (κ1) is 31.1. The molecule has 2 bridgehead atoms. The molecule has 3 fully saturated rings. The van der Waals surface area contributed by atoms with Crippen LogP contribution < -0.4 is 17.0 Å². The summed E-state index contributed by atoms with van der Waals surface area (Å²) in [5.41, 5.74) is 11.7. The number of alkyl halides is 1. The lowest BCUT2D eigenvalue weighted by atomic mass is 10.1. The number of nitrogens with two attached hydrogens (primary N) is 2. The third-order valence-electron chi connectivity index (χ3n) is 7.38. The zero-order valence-electron chi connectivity index (χ0n) is 22.5. The average Bonchev–Trinajstić information content (AvgIpc) is 3.72. The van der Waals surface area contributed by atoms with Gasteiger partial charge >= 0.3 is 13.4 Å². The van der Waals surface area contributed by atoms with E-state index in [-0.39, 0.29) is 22.8 Å². The lowest BCUT2D eigenvalue weighted by Crippen LogP contribution is -2.35. The fourth-order valence-electron chi connectivity index (χ4n) is 5.34. The summed E-state index contributed by atoms with van der Waals surface area (Å²) in [6, 6.07) is 1.53. The predicted molar refractivity (Wildman–Crippen MR) is 158 cm³/mol. The molecule has 0 saturated carbocycles. The highest BCUT2D eigenvalue weighted by molar-refractivity contribution is 8.07. The molecule has 4 aromatic rings. The smallest absolute Gasteiger partial charge is 0.325 e. The van der Waals surface area contributed by atoms with Gasteiger partial charge in [0.15, 0.2) is 35.4 Å². The van der Waals surface area contributed by atoms with Crippen LogP contribution in [0.15, 0.2) is 29.7 Å². The first-order chi connectivity index (χ1) is 21.3. The summed E-state index contributed by atoms with van der Waals surface area (Å²) >= 11 is 10.4. The molecule has 242 valence electrons. The second-order valence-corrected chi connectivity index (χ2v) is 15.8. The van der Waals surface area contributed by atoms with Gasteiger partial charge in [-0.3, -0.25) is 28.0 Å². The Morgan fingerprint density at radius 2 is 1.56 bits per heavy atom. The van der Waals surface area contributed by atoms with Crippen molar-refractivity contribution in [2.24, 2.45) is 0 Å². The number of nitrogens with one attached hydrogen (secondary N) is 1.